The number of nitrogens with zero attached hydrogens (tertiary/aromatic N) is 2. The first kappa shape index (κ1) is 35.0. The van der Waals surface area contributed by atoms with Crippen LogP contribution in [0.25, 0.3) is 43.8 Å². The van der Waals surface area contributed by atoms with Crippen LogP contribution >= 0.6 is 0 Å². The van der Waals surface area contributed by atoms with Crippen LogP contribution in [0.1, 0.15) is 47.9 Å². The highest BCUT2D eigenvalue weighted by Gasteiger charge is 2.45. The lowest BCUT2D eigenvalue weighted by atomic mass is 9.33. The second-order valence-corrected chi connectivity index (χ2v) is 17.7. The number of hydrogen-bond donors (Lipinski definition) is 0. The Kier molecular flexibility index (Phi) is 7.95. The van der Waals surface area contributed by atoms with Crippen LogP contribution in [0, 0.1) is 0 Å². The molecule has 61 heavy (non-hydrogen) atoms. The van der Waals surface area contributed by atoms with E-state index in [2.05, 4.69) is 186 Å². The average molecular weight is 781 g/mol. The molecule has 4 aliphatic rings. The van der Waals surface area contributed by atoms with Crippen molar-refractivity contribution in [3.63, 3.8) is 0 Å². The van der Waals surface area contributed by atoms with Gasteiger partial charge in [0, 0.05) is 33.9 Å². The van der Waals surface area contributed by atoms with E-state index in [4.69, 9.17) is 0 Å². The molecule has 0 amide bonds. The molecule has 2 nitrogen and oxygen atoms in total. The zero-order valence-corrected chi connectivity index (χ0v) is 34.4. The molecule has 0 saturated heterocycles. The first-order valence-electron chi connectivity index (χ1n) is 22.5. The van der Waals surface area contributed by atoms with Crippen LogP contribution in [0.2, 0.25) is 0 Å². The van der Waals surface area contributed by atoms with Gasteiger partial charge in [-0.25, -0.2) is 0 Å². The van der Waals surface area contributed by atoms with Gasteiger partial charge in [0.25, 0.3) is 6.71 Å². The minimum atomic E-state index is 0.0392. The smallest absolute Gasteiger partial charge is 0.252 e. The van der Waals surface area contributed by atoms with E-state index in [-0.39, 0.29) is 6.71 Å². The molecule has 0 unspecified atom stereocenters. The third-order valence-electron chi connectivity index (χ3n) is 14.3. The van der Waals surface area contributed by atoms with E-state index >= 15 is 0 Å². The van der Waals surface area contributed by atoms with Crippen molar-refractivity contribution in [2.75, 3.05) is 9.80 Å². The summed E-state index contributed by atoms with van der Waals surface area (Å²) in [6.45, 7) is 0.0392. The van der Waals surface area contributed by atoms with Crippen molar-refractivity contribution < 1.29 is 0 Å². The van der Waals surface area contributed by atoms with Crippen molar-refractivity contribution in [1.29, 1.82) is 0 Å². The molecule has 3 heteroatoms. The summed E-state index contributed by atoms with van der Waals surface area (Å²) in [6, 6.07) is 67.3. The van der Waals surface area contributed by atoms with Gasteiger partial charge in [-0.15, -0.1) is 0 Å². The van der Waals surface area contributed by atoms with Gasteiger partial charge in [-0.2, -0.15) is 0 Å². The zero-order valence-electron chi connectivity index (χ0n) is 34.4. The summed E-state index contributed by atoms with van der Waals surface area (Å²) in [7, 11) is 0. The summed E-state index contributed by atoms with van der Waals surface area (Å²) in [5.41, 5.74) is 23.2. The molecule has 0 aromatic heterocycles. The molecule has 0 atom stereocenters. The molecule has 2 aliphatic heterocycles. The quantitative estimate of drug-likeness (QED) is 0.164. The monoisotopic (exact) mass is 780 g/mol. The van der Waals surface area contributed by atoms with Crippen molar-refractivity contribution in [3.05, 3.63) is 198 Å². The van der Waals surface area contributed by atoms with E-state index in [1.54, 1.807) is 0 Å². The minimum Gasteiger partial charge on any atom is -0.311 e. The van der Waals surface area contributed by atoms with Crippen LogP contribution in [-0.4, -0.2) is 6.71 Å². The minimum absolute atomic E-state index is 0.0392. The molecule has 0 radical (unpaired) electrons. The van der Waals surface area contributed by atoms with Crippen LogP contribution in [0.3, 0.4) is 0 Å². The van der Waals surface area contributed by atoms with Crippen molar-refractivity contribution in [2.24, 2.45) is 0 Å². The SMILES string of the molecule is c1ccc(-c2ccc3c(c2N2c4cc5ccccc5cc4B4c5cc6ccccc6cc5N(c5c(-c6ccccc6)ccc6c5CCCC6)c5cccc2c54)CCCC3)cc1. The fourth-order valence-electron chi connectivity index (χ4n) is 11.6. The molecule has 290 valence electrons. The van der Waals surface area contributed by atoms with Gasteiger partial charge >= 0.3 is 0 Å². The molecule has 0 fully saturated rings. The van der Waals surface area contributed by atoms with Crippen LogP contribution in [0.4, 0.5) is 34.1 Å². The third-order valence-corrected chi connectivity index (χ3v) is 14.3. The number of aryl methyl sites for hydroxylation is 2. The van der Waals surface area contributed by atoms with Gasteiger partial charge in [-0.3, -0.25) is 0 Å². The molecule has 0 bridgehead atoms. The Bertz CT molecular complexity index is 3010. The highest BCUT2D eigenvalue weighted by molar-refractivity contribution is 7.00. The summed E-state index contributed by atoms with van der Waals surface area (Å²) in [5.74, 6) is 0. The van der Waals surface area contributed by atoms with Crippen molar-refractivity contribution >= 4 is 78.8 Å². The Labute approximate surface area is 358 Å². The summed E-state index contributed by atoms with van der Waals surface area (Å²) in [6.07, 6.45) is 9.32. The van der Waals surface area contributed by atoms with E-state index in [1.807, 2.05) is 0 Å². The molecule has 13 rings (SSSR count). The van der Waals surface area contributed by atoms with Crippen molar-refractivity contribution in [1.82, 2.24) is 0 Å². The Hall–Kier alpha value is -6.84. The number of benzene rings is 9. The molecule has 0 saturated carbocycles. The van der Waals surface area contributed by atoms with Crippen molar-refractivity contribution in [3.8, 4) is 22.3 Å². The van der Waals surface area contributed by atoms with Gasteiger partial charge in [0.05, 0.1) is 11.4 Å². The Morgan fingerprint density at radius 3 is 1.21 bits per heavy atom. The molecule has 0 N–H and O–H groups in total. The Morgan fingerprint density at radius 1 is 0.344 bits per heavy atom. The molecule has 9 aromatic rings. The molecule has 2 heterocycles. The summed E-state index contributed by atoms with van der Waals surface area (Å²) < 4.78 is 0. The summed E-state index contributed by atoms with van der Waals surface area (Å²) in [5, 5.41) is 5.12. The van der Waals surface area contributed by atoms with Gasteiger partial charge < -0.3 is 9.80 Å². The van der Waals surface area contributed by atoms with E-state index in [9.17, 15) is 0 Å². The molecule has 9 aromatic carbocycles. The van der Waals surface area contributed by atoms with Gasteiger partial charge in [0.1, 0.15) is 0 Å². The highest BCUT2D eigenvalue weighted by atomic mass is 15.2. The topological polar surface area (TPSA) is 6.48 Å². The zero-order chi connectivity index (χ0) is 40.0. The number of rotatable bonds is 4. The van der Waals surface area contributed by atoms with Gasteiger partial charge in [0.2, 0.25) is 0 Å². The van der Waals surface area contributed by atoms with Gasteiger partial charge in [-0.1, -0.05) is 152 Å². The van der Waals surface area contributed by atoms with E-state index in [0.29, 0.717) is 0 Å². The van der Waals surface area contributed by atoms with Crippen LogP contribution in [0.5, 0.6) is 0 Å². The maximum absolute atomic E-state index is 2.71. The van der Waals surface area contributed by atoms with Crippen LogP contribution in [0.15, 0.2) is 176 Å². The number of anilines is 6. The average Bonchev–Trinajstić information content (AvgIpc) is 3.33. The fourth-order valence-corrected chi connectivity index (χ4v) is 11.6. The predicted octanol–water partition coefficient (Wildman–Crippen LogP) is 13.2. The van der Waals surface area contributed by atoms with Crippen molar-refractivity contribution in [2.45, 2.75) is 51.4 Å². The highest BCUT2D eigenvalue weighted by Crippen LogP contribution is 2.52. The standard InChI is InChI=1S/C58H45BN2/c1-3-16-38(17-4-1)48-32-30-40-20-11-13-26-46(40)57(48)60-52-28-15-29-53-56(52)59(50-34-42-22-7-9-24-44(42)36-54(50)60)51-35-43-23-8-10-25-45(43)37-55(51)61(53)58-47-27-14-12-21-41(47)31-33-49(58)39-18-5-2-6-19-39/h1-10,15-19,22-25,28-37H,11-14,20-21,26-27H2. The van der Waals surface area contributed by atoms with Crippen LogP contribution < -0.4 is 26.2 Å². The number of fused-ring (bicyclic) bond motifs is 8. The maximum Gasteiger partial charge on any atom is 0.252 e. The normalized spacial score (nSPS) is 14.9. The maximum atomic E-state index is 2.71. The summed E-state index contributed by atoms with van der Waals surface area (Å²) >= 11 is 0. The lowest BCUT2D eigenvalue weighted by molar-refractivity contribution is 0.686. The lowest BCUT2D eigenvalue weighted by Gasteiger charge is -2.46. The first-order chi connectivity index (χ1) is 30.3. The van der Waals surface area contributed by atoms with E-state index < -0.39 is 0 Å². The largest absolute Gasteiger partial charge is 0.311 e. The summed E-state index contributed by atoms with van der Waals surface area (Å²) in [4.78, 5) is 5.43. The lowest BCUT2D eigenvalue weighted by Crippen LogP contribution is -2.61. The first-order valence-corrected chi connectivity index (χ1v) is 22.5. The molecule has 0 spiro atoms. The predicted molar refractivity (Wildman–Crippen MR) is 260 cm³/mol. The fraction of sp³-hybridized carbons (Fsp3) is 0.138. The molecular formula is C58H45BN2. The number of hydrogen-bond acceptors (Lipinski definition) is 2. The van der Waals surface area contributed by atoms with Crippen LogP contribution in [-0.2, 0) is 25.7 Å². The van der Waals surface area contributed by atoms with Gasteiger partial charge in [-0.05, 0) is 147 Å². The Balaban J connectivity index is 1.18. The Morgan fingerprint density at radius 2 is 0.754 bits per heavy atom. The second-order valence-electron chi connectivity index (χ2n) is 17.7. The van der Waals surface area contributed by atoms with Gasteiger partial charge in [0.15, 0.2) is 0 Å². The molecular weight excluding hydrogens is 735 g/mol. The van der Waals surface area contributed by atoms with E-state index in [0.717, 1.165) is 25.7 Å². The molecule has 2 aliphatic carbocycles. The van der Waals surface area contributed by atoms with E-state index in [1.165, 1.54) is 142 Å². The second kappa shape index (κ2) is 13.9. The third kappa shape index (κ3) is 5.36.